The molecule has 0 aromatic carbocycles. The van der Waals surface area contributed by atoms with Crippen LogP contribution in [0.5, 0.6) is 0 Å². The van der Waals surface area contributed by atoms with Crippen LogP contribution in [0.4, 0.5) is 0 Å². The molecule has 0 saturated heterocycles. The highest BCUT2D eigenvalue weighted by Crippen LogP contribution is 2.16. The summed E-state index contributed by atoms with van der Waals surface area (Å²) in [7, 11) is 0. The second-order valence-electron chi connectivity index (χ2n) is 9.00. The fourth-order valence-electron chi connectivity index (χ4n) is 3.63. The molecule has 0 atom stereocenters. The lowest BCUT2D eigenvalue weighted by Gasteiger charge is -2.29. The summed E-state index contributed by atoms with van der Waals surface area (Å²) in [4.78, 5) is 9.03. The Labute approximate surface area is 167 Å². The first-order valence-corrected chi connectivity index (χ1v) is 11.5. The van der Waals surface area contributed by atoms with Crippen LogP contribution in [-0.4, -0.2) is 44.5 Å². The lowest BCUT2D eigenvalue weighted by Crippen LogP contribution is -2.47. The van der Waals surface area contributed by atoms with Gasteiger partial charge in [0.25, 0.3) is 0 Å². The molecule has 2 aliphatic rings. The molecule has 0 aromatic rings. The van der Waals surface area contributed by atoms with E-state index >= 15 is 0 Å². The second kappa shape index (κ2) is 13.0. The first-order chi connectivity index (χ1) is 13.2. The van der Waals surface area contributed by atoms with Crippen LogP contribution in [0.15, 0.2) is 9.98 Å². The lowest BCUT2D eigenvalue weighted by molar-refractivity contribution is 0.358. The standard InChI is InChI=1S/C22H43N5/c1-22(2)18-26-21(27-19-22)25-16-12-10-8-6-4-3-5-7-9-11-15-23-20-14-13-17-24-20/h3-19H2,1-2H3,(H,23,24)(H2,25,26,27). The SMILES string of the molecule is CC1(C)CN=C(NCCCCCCCCCCCCNC2=NCCC2)NC1. The third-order valence-electron chi connectivity index (χ3n) is 5.50. The highest BCUT2D eigenvalue weighted by Gasteiger charge is 2.21. The Kier molecular flexibility index (Phi) is 10.6. The lowest BCUT2D eigenvalue weighted by atomic mass is 9.93. The molecular weight excluding hydrogens is 334 g/mol. The van der Waals surface area contributed by atoms with Crippen LogP contribution in [0.3, 0.4) is 0 Å². The zero-order chi connectivity index (χ0) is 19.2. The van der Waals surface area contributed by atoms with Gasteiger partial charge in [-0.1, -0.05) is 65.2 Å². The maximum Gasteiger partial charge on any atom is 0.191 e. The van der Waals surface area contributed by atoms with Gasteiger partial charge in [-0.25, -0.2) is 0 Å². The number of hydrogen-bond donors (Lipinski definition) is 3. The van der Waals surface area contributed by atoms with Crippen LogP contribution in [-0.2, 0) is 0 Å². The number of amidine groups is 1. The summed E-state index contributed by atoms with van der Waals surface area (Å²) < 4.78 is 0. The number of rotatable bonds is 13. The summed E-state index contributed by atoms with van der Waals surface area (Å²) in [6, 6.07) is 0. The van der Waals surface area contributed by atoms with Gasteiger partial charge in [0.2, 0.25) is 0 Å². The van der Waals surface area contributed by atoms with Gasteiger partial charge in [0.05, 0.1) is 5.84 Å². The van der Waals surface area contributed by atoms with Crippen LogP contribution in [0.25, 0.3) is 0 Å². The molecule has 0 aromatic heterocycles. The summed E-state index contributed by atoms with van der Waals surface area (Å²) in [6.07, 6.45) is 16.0. The third-order valence-corrected chi connectivity index (χ3v) is 5.50. The van der Waals surface area contributed by atoms with E-state index in [1.165, 1.54) is 82.9 Å². The summed E-state index contributed by atoms with van der Waals surface area (Å²) in [5.41, 5.74) is 0.298. The van der Waals surface area contributed by atoms with E-state index in [-0.39, 0.29) is 0 Å². The molecule has 2 heterocycles. The van der Waals surface area contributed by atoms with E-state index in [1.807, 2.05) is 0 Å². The normalized spacial score (nSPS) is 18.6. The van der Waals surface area contributed by atoms with E-state index in [4.69, 9.17) is 0 Å². The number of aliphatic imine (C=N–C) groups is 2. The van der Waals surface area contributed by atoms with Crippen molar-refractivity contribution in [2.75, 3.05) is 32.7 Å². The second-order valence-corrected chi connectivity index (χ2v) is 9.00. The van der Waals surface area contributed by atoms with Gasteiger partial charge in [-0.05, 0) is 19.3 Å². The van der Waals surface area contributed by atoms with Gasteiger partial charge >= 0.3 is 0 Å². The van der Waals surface area contributed by atoms with Crippen LogP contribution in [0.2, 0.25) is 0 Å². The van der Waals surface area contributed by atoms with E-state index in [0.717, 1.165) is 38.7 Å². The molecule has 0 unspecified atom stereocenters. The van der Waals surface area contributed by atoms with Crippen molar-refractivity contribution in [3.63, 3.8) is 0 Å². The fraction of sp³-hybridized carbons (Fsp3) is 0.909. The van der Waals surface area contributed by atoms with Crippen LogP contribution >= 0.6 is 0 Å². The minimum Gasteiger partial charge on any atom is -0.374 e. The summed E-state index contributed by atoms with van der Waals surface area (Å²) in [5, 5.41) is 10.3. The molecule has 0 aliphatic carbocycles. The summed E-state index contributed by atoms with van der Waals surface area (Å²) >= 11 is 0. The Morgan fingerprint density at radius 1 is 0.815 bits per heavy atom. The molecule has 2 aliphatic heterocycles. The van der Waals surface area contributed by atoms with Crippen molar-refractivity contribution in [3.05, 3.63) is 0 Å². The smallest absolute Gasteiger partial charge is 0.191 e. The molecule has 5 heteroatoms. The van der Waals surface area contributed by atoms with Gasteiger partial charge in [0, 0.05) is 44.6 Å². The molecule has 5 nitrogen and oxygen atoms in total. The average Bonchev–Trinajstić information content (AvgIpc) is 3.16. The van der Waals surface area contributed by atoms with Crippen molar-refractivity contribution in [1.82, 2.24) is 16.0 Å². The Bertz CT molecular complexity index is 456. The molecule has 3 N–H and O–H groups in total. The van der Waals surface area contributed by atoms with Gasteiger partial charge < -0.3 is 16.0 Å². The number of nitrogens with one attached hydrogen (secondary N) is 3. The zero-order valence-corrected chi connectivity index (χ0v) is 17.9. The highest BCUT2D eigenvalue weighted by molar-refractivity contribution is 5.83. The van der Waals surface area contributed by atoms with Crippen molar-refractivity contribution in [2.24, 2.45) is 15.4 Å². The third kappa shape index (κ3) is 10.6. The number of unbranched alkanes of at least 4 members (excludes halogenated alkanes) is 9. The van der Waals surface area contributed by atoms with Crippen LogP contribution in [0.1, 0.15) is 90.9 Å². The highest BCUT2D eigenvalue weighted by atomic mass is 15.2. The minimum absolute atomic E-state index is 0.298. The molecule has 0 bridgehead atoms. The van der Waals surface area contributed by atoms with Gasteiger partial charge in [0.1, 0.15) is 0 Å². The quantitative estimate of drug-likeness (QED) is 0.421. The molecule has 2 rings (SSSR count). The van der Waals surface area contributed by atoms with Crippen LogP contribution < -0.4 is 16.0 Å². The Morgan fingerprint density at radius 3 is 1.93 bits per heavy atom. The van der Waals surface area contributed by atoms with Crippen molar-refractivity contribution >= 4 is 11.8 Å². The molecule has 0 amide bonds. The van der Waals surface area contributed by atoms with E-state index in [9.17, 15) is 0 Å². The minimum atomic E-state index is 0.298. The van der Waals surface area contributed by atoms with Crippen LogP contribution in [0, 0.1) is 5.41 Å². The largest absolute Gasteiger partial charge is 0.374 e. The van der Waals surface area contributed by atoms with Gasteiger partial charge in [-0.3, -0.25) is 9.98 Å². The molecule has 0 fully saturated rings. The zero-order valence-electron chi connectivity index (χ0n) is 17.9. The van der Waals surface area contributed by atoms with E-state index < -0.39 is 0 Å². The van der Waals surface area contributed by atoms with Gasteiger partial charge in [-0.2, -0.15) is 0 Å². The number of hydrogen-bond acceptors (Lipinski definition) is 5. The molecule has 0 radical (unpaired) electrons. The maximum absolute atomic E-state index is 4.58. The fourth-order valence-corrected chi connectivity index (χ4v) is 3.63. The van der Waals surface area contributed by atoms with Gasteiger partial charge in [-0.15, -0.1) is 0 Å². The molecule has 0 saturated carbocycles. The average molecular weight is 378 g/mol. The van der Waals surface area contributed by atoms with Crippen molar-refractivity contribution in [1.29, 1.82) is 0 Å². The van der Waals surface area contributed by atoms with E-state index in [0.29, 0.717) is 5.41 Å². The molecular formula is C22H43N5. The predicted octanol–water partition coefficient (Wildman–Crippen LogP) is 4.24. The Hall–Kier alpha value is -1.26. The van der Waals surface area contributed by atoms with Crippen molar-refractivity contribution in [2.45, 2.75) is 90.9 Å². The van der Waals surface area contributed by atoms with Gasteiger partial charge in [0.15, 0.2) is 5.96 Å². The summed E-state index contributed by atoms with van der Waals surface area (Å²) in [5.74, 6) is 2.25. The Morgan fingerprint density at radius 2 is 1.41 bits per heavy atom. The first kappa shape index (κ1) is 22.0. The van der Waals surface area contributed by atoms with Crippen molar-refractivity contribution < 1.29 is 0 Å². The predicted molar refractivity (Wildman–Crippen MR) is 118 cm³/mol. The molecule has 27 heavy (non-hydrogen) atoms. The molecule has 156 valence electrons. The number of nitrogens with zero attached hydrogens (tertiary/aromatic N) is 2. The molecule has 0 spiro atoms. The first-order valence-electron chi connectivity index (χ1n) is 11.5. The maximum atomic E-state index is 4.58. The van der Waals surface area contributed by atoms with E-state index in [2.05, 4.69) is 39.8 Å². The Balaban J connectivity index is 1.27. The topological polar surface area (TPSA) is 60.8 Å². The van der Waals surface area contributed by atoms with Crippen molar-refractivity contribution in [3.8, 4) is 0 Å². The summed E-state index contributed by atoms with van der Waals surface area (Å²) in [6.45, 7) is 9.65. The number of guanidine groups is 1. The monoisotopic (exact) mass is 377 g/mol. The van der Waals surface area contributed by atoms with E-state index in [1.54, 1.807) is 0 Å².